The van der Waals surface area contributed by atoms with Crippen molar-refractivity contribution < 1.29 is 13.2 Å². The van der Waals surface area contributed by atoms with Gasteiger partial charge in [-0.15, -0.1) is 0 Å². The minimum absolute atomic E-state index is 0.0628. The molecular weight excluding hydrogens is 348 g/mol. The lowest BCUT2D eigenvalue weighted by Crippen LogP contribution is -2.35. The first-order chi connectivity index (χ1) is 12.4. The molecule has 1 N–H and O–H groups in total. The largest absolute Gasteiger partial charge is 0.326 e. The van der Waals surface area contributed by atoms with Crippen molar-refractivity contribution in [2.24, 2.45) is 17.8 Å². The fourth-order valence-electron chi connectivity index (χ4n) is 4.94. The number of anilines is 1. The summed E-state index contributed by atoms with van der Waals surface area (Å²) in [6.45, 7) is 3.08. The van der Waals surface area contributed by atoms with Gasteiger partial charge in [-0.3, -0.25) is 4.79 Å². The predicted molar refractivity (Wildman–Crippen MR) is 101 cm³/mol. The van der Waals surface area contributed by atoms with Gasteiger partial charge in [0, 0.05) is 24.7 Å². The van der Waals surface area contributed by atoms with Crippen LogP contribution >= 0.6 is 0 Å². The van der Waals surface area contributed by atoms with Gasteiger partial charge in [0.2, 0.25) is 15.9 Å². The number of carbonyl (C=O) groups is 1. The van der Waals surface area contributed by atoms with E-state index < -0.39 is 10.0 Å². The highest BCUT2D eigenvalue weighted by molar-refractivity contribution is 7.89. The van der Waals surface area contributed by atoms with Gasteiger partial charge in [0.05, 0.1) is 4.90 Å². The summed E-state index contributed by atoms with van der Waals surface area (Å²) in [5.41, 5.74) is 1.54. The van der Waals surface area contributed by atoms with Crippen molar-refractivity contribution in [3.63, 3.8) is 0 Å². The van der Waals surface area contributed by atoms with E-state index in [-0.39, 0.29) is 16.7 Å². The van der Waals surface area contributed by atoms with E-state index >= 15 is 0 Å². The van der Waals surface area contributed by atoms with Gasteiger partial charge in [-0.05, 0) is 68.6 Å². The number of rotatable bonds is 4. The first-order valence-corrected chi connectivity index (χ1v) is 11.3. The van der Waals surface area contributed by atoms with E-state index in [9.17, 15) is 13.2 Å². The number of sulfonamides is 1. The summed E-state index contributed by atoms with van der Waals surface area (Å²) < 4.78 is 27.4. The highest BCUT2D eigenvalue weighted by Gasteiger charge is 2.43. The zero-order valence-corrected chi connectivity index (χ0v) is 16.2. The summed E-state index contributed by atoms with van der Waals surface area (Å²) >= 11 is 0. The van der Waals surface area contributed by atoms with Gasteiger partial charge in [0.1, 0.15) is 0 Å². The van der Waals surface area contributed by atoms with Gasteiger partial charge in [-0.1, -0.05) is 18.9 Å². The molecule has 1 amide bonds. The zero-order chi connectivity index (χ0) is 18.3. The molecule has 2 bridgehead atoms. The summed E-state index contributed by atoms with van der Waals surface area (Å²) in [5, 5.41) is 3.03. The summed E-state index contributed by atoms with van der Waals surface area (Å²) in [6, 6.07) is 5.10. The smallest absolute Gasteiger partial charge is 0.243 e. The highest BCUT2D eigenvalue weighted by Crippen LogP contribution is 2.48. The topological polar surface area (TPSA) is 66.5 Å². The van der Waals surface area contributed by atoms with E-state index in [0.717, 1.165) is 37.7 Å². The Hall–Kier alpha value is -1.40. The van der Waals surface area contributed by atoms with Crippen molar-refractivity contribution in [1.29, 1.82) is 0 Å². The van der Waals surface area contributed by atoms with E-state index in [4.69, 9.17) is 0 Å². The maximum atomic E-state index is 12.9. The van der Waals surface area contributed by atoms with E-state index in [0.29, 0.717) is 30.6 Å². The van der Waals surface area contributed by atoms with E-state index in [1.54, 1.807) is 22.5 Å². The van der Waals surface area contributed by atoms with Crippen LogP contribution in [0, 0.1) is 24.7 Å². The van der Waals surface area contributed by atoms with Gasteiger partial charge in [-0.2, -0.15) is 4.31 Å². The molecule has 1 saturated heterocycles. The second-order valence-corrected chi connectivity index (χ2v) is 10.2. The number of nitrogens with one attached hydrogen (secondary N) is 1. The van der Waals surface area contributed by atoms with Crippen molar-refractivity contribution >= 4 is 21.6 Å². The van der Waals surface area contributed by atoms with Gasteiger partial charge in [-0.25, -0.2) is 8.42 Å². The lowest BCUT2D eigenvalue weighted by molar-refractivity contribution is -0.121. The molecule has 1 aliphatic heterocycles. The average molecular weight is 377 g/mol. The zero-order valence-electron chi connectivity index (χ0n) is 15.4. The van der Waals surface area contributed by atoms with Gasteiger partial charge in [0.25, 0.3) is 0 Å². The molecule has 2 saturated carbocycles. The Balaban J connectivity index is 1.53. The van der Waals surface area contributed by atoms with E-state index in [1.165, 1.54) is 12.8 Å². The number of hydrogen-bond acceptors (Lipinski definition) is 3. The van der Waals surface area contributed by atoms with Crippen LogP contribution in [0.25, 0.3) is 0 Å². The Morgan fingerprint density at radius 3 is 2.54 bits per heavy atom. The molecule has 5 nitrogen and oxygen atoms in total. The maximum Gasteiger partial charge on any atom is 0.243 e. The number of nitrogens with zero attached hydrogens (tertiary/aromatic N) is 1. The van der Waals surface area contributed by atoms with Crippen LogP contribution in [-0.2, 0) is 14.8 Å². The molecule has 3 aliphatic rings. The number of fused-ring (bicyclic) bond motifs is 2. The molecule has 3 fully saturated rings. The van der Waals surface area contributed by atoms with Crippen molar-refractivity contribution in [1.82, 2.24) is 4.31 Å². The van der Waals surface area contributed by atoms with E-state index in [2.05, 4.69) is 5.32 Å². The molecule has 0 aromatic heterocycles. The van der Waals surface area contributed by atoms with Crippen LogP contribution in [0.1, 0.15) is 50.5 Å². The SMILES string of the molecule is Cc1ccc(S(=O)(=O)N2CCCCC2)cc1NC(=O)C1CC2CCC1C2. The van der Waals surface area contributed by atoms with Crippen LogP contribution in [0.4, 0.5) is 5.69 Å². The van der Waals surface area contributed by atoms with Crippen molar-refractivity contribution in [2.75, 3.05) is 18.4 Å². The van der Waals surface area contributed by atoms with Crippen molar-refractivity contribution in [3.05, 3.63) is 23.8 Å². The number of aryl methyl sites for hydroxylation is 1. The van der Waals surface area contributed by atoms with Crippen LogP contribution < -0.4 is 5.32 Å². The van der Waals surface area contributed by atoms with Crippen LogP contribution in [-0.4, -0.2) is 31.7 Å². The number of carbonyl (C=O) groups excluding carboxylic acids is 1. The summed E-state index contributed by atoms with van der Waals surface area (Å²) in [6.07, 6.45) is 7.51. The lowest BCUT2D eigenvalue weighted by atomic mass is 9.88. The molecular formula is C20H28N2O3S. The minimum atomic E-state index is -3.48. The Morgan fingerprint density at radius 2 is 1.88 bits per heavy atom. The molecule has 2 aliphatic carbocycles. The van der Waals surface area contributed by atoms with Gasteiger partial charge >= 0.3 is 0 Å². The fraction of sp³-hybridized carbons (Fsp3) is 0.650. The Kier molecular flexibility index (Phi) is 4.82. The third-order valence-corrected chi connectivity index (χ3v) is 8.39. The molecule has 0 radical (unpaired) electrons. The average Bonchev–Trinajstić information content (AvgIpc) is 3.27. The number of benzene rings is 1. The second-order valence-electron chi connectivity index (χ2n) is 8.21. The minimum Gasteiger partial charge on any atom is -0.326 e. The Bertz CT molecular complexity index is 799. The molecule has 3 atom stereocenters. The molecule has 1 aromatic rings. The maximum absolute atomic E-state index is 12.9. The van der Waals surface area contributed by atoms with Crippen molar-refractivity contribution in [3.8, 4) is 0 Å². The molecule has 3 unspecified atom stereocenters. The van der Waals surface area contributed by atoms with Crippen LogP contribution in [0.3, 0.4) is 0 Å². The molecule has 6 heteroatoms. The van der Waals surface area contributed by atoms with Crippen molar-refractivity contribution in [2.45, 2.75) is 56.8 Å². The predicted octanol–water partition coefficient (Wildman–Crippen LogP) is 3.54. The first-order valence-electron chi connectivity index (χ1n) is 9.87. The standard InChI is InChI=1S/C20H28N2O3S/c1-14-5-8-17(26(24,25)22-9-3-2-4-10-22)13-19(14)21-20(23)18-12-15-6-7-16(18)11-15/h5,8,13,15-16,18H,2-4,6-7,9-12H2,1H3,(H,21,23). The quantitative estimate of drug-likeness (QED) is 0.874. The molecule has 26 heavy (non-hydrogen) atoms. The molecule has 142 valence electrons. The lowest BCUT2D eigenvalue weighted by Gasteiger charge is -2.26. The molecule has 1 heterocycles. The van der Waals surface area contributed by atoms with Crippen LogP contribution in [0.5, 0.6) is 0 Å². The second kappa shape index (κ2) is 6.97. The number of amides is 1. The fourth-order valence-corrected chi connectivity index (χ4v) is 6.49. The third kappa shape index (κ3) is 3.29. The van der Waals surface area contributed by atoms with Crippen LogP contribution in [0.2, 0.25) is 0 Å². The molecule has 1 aromatic carbocycles. The molecule has 0 spiro atoms. The van der Waals surface area contributed by atoms with Gasteiger partial charge < -0.3 is 5.32 Å². The number of hydrogen-bond donors (Lipinski definition) is 1. The monoisotopic (exact) mass is 376 g/mol. The summed E-state index contributed by atoms with van der Waals surface area (Å²) in [5.74, 6) is 1.38. The van der Waals surface area contributed by atoms with Crippen LogP contribution in [0.15, 0.2) is 23.1 Å². The molecule has 4 rings (SSSR count). The highest BCUT2D eigenvalue weighted by atomic mass is 32.2. The third-order valence-electron chi connectivity index (χ3n) is 6.49. The number of piperidine rings is 1. The Morgan fingerprint density at radius 1 is 1.12 bits per heavy atom. The van der Waals surface area contributed by atoms with E-state index in [1.807, 2.05) is 6.92 Å². The normalized spacial score (nSPS) is 29.0. The summed E-state index contributed by atoms with van der Waals surface area (Å²) in [4.78, 5) is 13.0. The first kappa shape index (κ1) is 18.0. The summed E-state index contributed by atoms with van der Waals surface area (Å²) in [7, 11) is -3.48. The Labute approximate surface area is 156 Å². The van der Waals surface area contributed by atoms with Gasteiger partial charge in [0.15, 0.2) is 0 Å².